The molecule has 0 spiro atoms. The predicted octanol–water partition coefficient (Wildman–Crippen LogP) is 6.96. The van der Waals surface area contributed by atoms with Crippen LogP contribution < -0.4 is 9.46 Å². The summed E-state index contributed by atoms with van der Waals surface area (Å²) in [5, 5.41) is 0. The first-order chi connectivity index (χ1) is 20.3. The SMILES string of the molecule is Cc1cccc(C)c1-c1cc2nc(n1)NS(=O)(=O)c1cccc(c1)C(=O)N([C@H](C)c1ccccc1)[C@H](CC(C)(C)C)CO2. The zero-order chi connectivity index (χ0) is 30.9. The Morgan fingerprint density at radius 3 is 2.30 bits per heavy atom. The number of benzene rings is 3. The maximum Gasteiger partial charge on any atom is 0.264 e. The van der Waals surface area contributed by atoms with Crippen LogP contribution in [-0.4, -0.2) is 41.8 Å². The van der Waals surface area contributed by atoms with Crippen molar-refractivity contribution in [3.05, 3.63) is 101 Å². The van der Waals surface area contributed by atoms with Gasteiger partial charge in [0.05, 0.1) is 22.7 Å². The van der Waals surface area contributed by atoms with E-state index in [0.29, 0.717) is 12.1 Å². The van der Waals surface area contributed by atoms with Gasteiger partial charge in [-0.3, -0.25) is 4.79 Å². The number of ether oxygens (including phenoxy) is 1. The van der Waals surface area contributed by atoms with Crippen LogP contribution in [0.2, 0.25) is 0 Å². The Morgan fingerprint density at radius 2 is 1.63 bits per heavy atom. The number of aryl methyl sites for hydroxylation is 2. The van der Waals surface area contributed by atoms with E-state index in [2.05, 4.69) is 35.5 Å². The highest BCUT2D eigenvalue weighted by Gasteiger charge is 2.34. The number of rotatable bonds is 4. The molecule has 0 unspecified atom stereocenters. The number of amides is 1. The van der Waals surface area contributed by atoms with Crippen molar-refractivity contribution in [2.24, 2.45) is 5.41 Å². The summed E-state index contributed by atoms with van der Waals surface area (Å²) in [5.74, 6) is -0.164. The maximum atomic E-state index is 14.4. The summed E-state index contributed by atoms with van der Waals surface area (Å²) in [6, 6.07) is 22.9. The summed E-state index contributed by atoms with van der Waals surface area (Å²) in [7, 11) is -4.13. The molecule has 1 amide bonds. The number of aromatic nitrogens is 2. The summed E-state index contributed by atoms with van der Waals surface area (Å²) in [4.78, 5) is 25.2. The van der Waals surface area contributed by atoms with Gasteiger partial charge in [0.15, 0.2) is 0 Å². The van der Waals surface area contributed by atoms with Crippen molar-refractivity contribution < 1.29 is 17.9 Å². The van der Waals surface area contributed by atoms with Gasteiger partial charge in [-0.05, 0) is 67.5 Å². The Kier molecular flexibility index (Phi) is 8.29. The van der Waals surface area contributed by atoms with Crippen molar-refractivity contribution in [2.45, 2.75) is 64.9 Å². The fourth-order valence-electron chi connectivity index (χ4n) is 5.69. The molecule has 3 aromatic carbocycles. The topological polar surface area (TPSA) is 101 Å². The van der Waals surface area contributed by atoms with Crippen LogP contribution in [0.3, 0.4) is 0 Å². The minimum atomic E-state index is -4.13. The van der Waals surface area contributed by atoms with Crippen molar-refractivity contribution in [2.75, 3.05) is 11.3 Å². The number of hydrogen-bond acceptors (Lipinski definition) is 6. The zero-order valence-corrected chi connectivity index (χ0v) is 26.3. The molecule has 0 saturated heterocycles. The normalized spacial score (nSPS) is 17.5. The van der Waals surface area contributed by atoms with Gasteiger partial charge in [-0.15, -0.1) is 0 Å². The largest absolute Gasteiger partial charge is 0.475 e. The number of carbonyl (C=O) groups is 1. The average Bonchev–Trinajstić information content (AvgIpc) is 2.95. The monoisotopic (exact) mass is 598 g/mol. The van der Waals surface area contributed by atoms with Crippen molar-refractivity contribution in [1.82, 2.24) is 14.9 Å². The third-order valence-corrected chi connectivity index (χ3v) is 8.98. The minimum absolute atomic E-state index is 0.0548. The van der Waals surface area contributed by atoms with E-state index < -0.39 is 10.0 Å². The molecular weight excluding hydrogens is 560 g/mol. The molecule has 4 bridgehead atoms. The second kappa shape index (κ2) is 11.8. The highest BCUT2D eigenvalue weighted by molar-refractivity contribution is 7.92. The summed E-state index contributed by atoms with van der Waals surface area (Å²) in [6.45, 7) is 12.5. The van der Waals surface area contributed by atoms with E-state index in [1.807, 2.05) is 74.2 Å². The third kappa shape index (κ3) is 6.72. The van der Waals surface area contributed by atoms with E-state index in [9.17, 15) is 13.2 Å². The second-order valence-electron chi connectivity index (χ2n) is 12.3. The van der Waals surface area contributed by atoms with Gasteiger partial charge in [-0.25, -0.2) is 18.1 Å². The van der Waals surface area contributed by atoms with Gasteiger partial charge < -0.3 is 9.64 Å². The van der Waals surface area contributed by atoms with Crippen LogP contribution in [0.15, 0.2) is 83.8 Å². The van der Waals surface area contributed by atoms with E-state index in [4.69, 9.17) is 4.74 Å². The van der Waals surface area contributed by atoms with Crippen LogP contribution in [0.5, 0.6) is 5.88 Å². The molecule has 1 aromatic heterocycles. The molecule has 0 radical (unpaired) electrons. The Hall–Kier alpha value is -4.24. The van der Waals surface area contributed by atoms with Crippen LogP contribution in [0.4, 0.5) is 5.95 Å². The Balaban J connectivity index is 1.71. The molecule has 9 heteroatoms. The predicted molar refractivity (Wildman–Crippen MR) is 169 cm³/mol. The van der Waals surface area contributed by atoms with Gasteiger partial charge in [0.2, 0.25) is 11.8 Å². The molecule has 0 saturated carbocycles. The van der Waals surface area contributed by atoms with Gasteiger partial charge in [0, 0.05) is 17.2 Å². The molecule has 2 atom stereocenters. The van der Waals surface area contributed by atoms with Crippen LogP contribution in [0.25, 0.3) is 11.3 Å². The molecule has 1 aliphatic heterocycles. The molecule has 1 aliphatic rings. The minimum Gasteiger partial charge on any atom is -0.475 e. The quantitative estimate of drug-likeness (QED) is 0.273. The van der Waals surface area contributed by atoms with Gasteiger partial charge >= 0.3 is 0 Å². The highest BCUT2D eigenvalue weighted by atomic mass is 32.2. The number of nitrogens with one attached hydrogen (secondary N) is 1. The maximum absolute atomic E-state index is 14.4. The summed E-state index contributed by atoms with van der Waals surface area (Å²) in [5.41, 5.74) is 4.48. The fourth-order valence-corrected chi connectivity index (χ4v) is 6.68. The first-order valence-corrected chi connectivity index (χ1v) is 15.9. The molecule has 1 N–H and O–H groups in total. The lowest BCUT2D eigenvalue weighted by atomic mass is 9.86. The van der Waals surface area contributed by atoms with E-state index in [-0.39, 0.29) is 52.3 Å². The molecule has 43 heavy (non-hydrogen) atoms. The van der Waals surface area contributed by atoms with Crippen molar-refractivity contribution in [1.29, 1.82) is 0 Å². The third-order valence-electron chi connectivity index (χ3n) is 7.66. The first-order valence-electron chi connectivity index (χ1n) is 14.4. The van der Waals surface area contributed by atoms with E-state index in [1.54, 1.807) is 18.2 Å². The molecule has 5 rings (SSSR count). The molecular formula is C34H38N4O4S. The van der Waals surface area contributed by atoms with Gasteiger partial charge in [-0.1, -0.05) is 75.4 Å². The number of nitrogens with zero attached hydrogens (tertiary/aromatic N) is 3. The van der Waals surface area contributed by atoms with Crippen LogP contribution in [0, 0.1) is 19.3 Å². The van der Waals surface area contributed by atoms with E-state index >= 15 is 0 Å². The van der Waals surface area contributed by atoms with E-state index in [1.165, 1.54) is 12.1 Å². The fraction of sp³-hybridized carbons (Fsp3) is 0.324. The molecule has 0 aliphatic carbocycles. The lowest BCUT2D eigenvalue weighted by Gasteiger charge is -2.39. The Bertz CT molecular complexity index is 1730. The van der Waals surface area contributed by atoms with Gasteiger partial charge in [0.1, 0.15) is 6.61 Å². The molecule has 224 valence electrons. The summed E-state index contributed by atoms with van der Waals surface area (Å²) < 4.78 is 36.1. The first kappa shape index (κ1) is 30.2. The van der Waals surface area contributed by atoms with Crippen molar-refractivity contribution >= 4 is 21.9 Å². The smallest absolute Gasteiger partial charge is 0.264 e. The number of sulfonamides is 1. The van der Waals surface area contributed by atoms with Crippen molar-refractivity contribution in [3.63, 3.8) is 0 Å². The Morgan fingerprint density at radius 1 is 0.953 bits per heavy atom. The van der Waals surface area contributed by atoms with Crippen LogP contribution >= 0.6 is 0 Å². The van der Waals surface area contributed by atoms with Crippen molar-refractivity contribution in [3.8, 4) is 17.1 Å². The lowest BCUT2D eigenvalue weighted by Crippen LogP contribution is -2.47. The molecule has 4 aromatic rings. The Labute approximate surface area is 254 Å². The van der Waals surface area contributed by atoms with Crippen LogP contribution in [-0.2, 0) is 10.0 Å². The highest BCUT2D eigenvalue weighted by Crippen LogP contribution is 2.34. The standard InChI is InChI=1S/C34H38N4O4S/c1-22-12-10-13-23(2)31(22)29-19-30-36-33(35-29)37-43(40,41)28-17-11-16-26(18-28)32(39)38(24(3)25-14-8-7-9-15-25)27(21-42-30)20-34(4,5)6/h7-19,24,27H,20-21H2,1-6H3,(H,35,36,37)/t24-,27-/m1/s1. The molecule has 8 nitrogen and oxygen atoms in total. The lowest BCUT2D eigenvalue weighted by molar-refractivity contribution is 0.0416. The van der Waals surface area contributed by atoms with Gasteiger partial charge in [0.25, 0.3) is 15.9 Å². The van der Waals surface area contributed by atoms with Crippen LogP contribution in [0.1, 0.15) is 67.2 Å². The second-order valence-corrected chi connectivity index (χ2v) is 14.0. The number of hydrogen-bond donors (Lipinski definition) is 1. The summed E-state index contributed by atoms with van der Waals surface area (Å²) >= 11 is 0. The average molecular weight is 599 g/mol. The molecule has 0 fully saturated rings. The van der Waals surface area contributed by atoms with Gasteiger partial charge in [-0.2, -0.15) is 4.98 Å². The summed E-state index contributed by atoms with van der Waals surface area (Å²) in [6.07, 6.45) is 0.633. The number of carbonyl (C=O) groups excluding carboxylic acids is 1. The van der Waals surface area contributed by atoms with E-state index in [0.717, 1.165) is 22.3 Å². The number of anilines is 1. The number of fused-ring (bicyclic) bond motifs is 4. The molecule has 2 heterocycles. The zero-order valence-electron chi connectivity index (χ0n) is 25.5.